The molecule has 0 aromatic rings. The lowest BCUT2D eigenvalue weighted by Gasteiger charge is -2.15. The van der Waals surface area contributed by atoms with Crippen molar-refractivity contribution >= 4 is 11.6 Å². The van der Waals surface area contributed by atoms with Gasteiger partial charge in [0.1, 0.15) is 0 Å². The van der Waals surface area contributed by atoms with Gasteiger partial charge in [-0.1, -0.05) is 6.42 Å². The van der Waals surface area contributed by atoms with Crippen LogP contribution in [-0.4, -0.2) is 30.2 Å². The van der Waals surface area contributed by atoms with Crippen molar-refractivity contribution in [3.63, 3.8) is 0 Å². The summed E-state index contributed by atoms with van der Waals surface area (Å²) >= 11 is 0. The number of ketones is 2. The van der Waals surface area contributed by atoms with Gasteiger partial charge in [-0.15, -0.1) is 0 Å². The molecule has 0 heterocycles. The molecule has 0 bridgehead atoms. The Bertz CT molecular complexity index is 243. The molecule has 2 atom stereocenters. The van der Waals surface area contributed by atoms with Crippen molar-refractivity contribution in [3.8, 4) is 0 Å². The molecule has 0 aliphatic rings. The van der Waals surface area contributed by atoms with Gasteiger partial charge in [-0.2, -0.15) is 0 Å². The topological polar surface area (TPSA) is 138 Å². The first-order chi connectivity index (χ1) is 7.41. The van der Waals surface area contributed by atoms with Crippen LogP contribution in [0.5, 0.6) is 0 Å². The van der Waals surface area contributed by atoms with Crippen molar-refractivity contribution in [1.29, 1.82) is 0 Å². The number of Topliss-reactive ketones (excluding diaryl/α,β-unsaturated/α-hetero) is 2. The highest BCUT2D eigenvalue weighted by Gasteiger charge is 2.29. The fourth-order valence-electron chi connectivity index (χ4n) is 1.21. The van der Waals surface area contributed by atoms with Crippen molar-refractivity contribution in [2.45, 2.75) is 38.3 Å². The second-order valence-electron chi connectivity index (χ2n) is 3.82. The first-order valence-electron chi connectivity index (χ1n) is 5.33. The van der Waals surface area contributed by atoms with E-state index in [1.165, 1.54) is 6.92 Å². The van der Waals surface area contributed by atoms with E-state index in [4.69, 9.17) is 22.9 Å². The Labute approximate surface area is 95.7 Å². The molecule has 16 heavy (non-hydrogen) atoms. The first-order valence-corrected chi connectivity index (χ1v) is 5.33. The molecule has 0 spiro atoms. The van der Waals surface area contributed by atoms with Gasteiger partial charge in [0, 0.05) is 0 Å². The maximum Gasteiger partial charge on any atom is 0.179 e. The van der Waals surface area contributed by atoms with Crippen LogP contribution in [0.15, 0.2) is 0 Å². The van der Waals surface area contributed by atoms with Crippen LogP contribution in [0, 0.1) is 6.04 Å². The number of rotatable bonds is 8. The number of hydrogen-bond acceptors (Lipinski definition) is 6. The lowest BCUT2D eigenvalue weighted by atomic mass is 9.96. The summed E-state index contributed by atoms with van der Waals surface area (Å²) in [5, 5.41) is 0. The summed E-state index contributed by atoms with van der Waals surface area (Å²) in [7, 11) is 0. The minimum Gasteiger partial charge on any atom is -0.330 e. The molecule has 0 aliphatic carbocycles. The SMILES string of the molecule is C[C@H](N)C(=O)[C](N)C(=O)[C@@H](N)CCCCN. The molecule has 0 unspecified atom stereocenters. The molecular formula is C10H21N4O2. The van der Waals surface area contributed by atoms with Gasteiger partial charge in [-0.05, 0) is 26.3 Å². The lowest BCUT2D eigenvalue weighted by molar-refractivity contribution is -0.125. The zero-order chi connectivity index (χ0) is 12.7. The molecular weight excluding hydrogens is 208 g/mol. The van der Waals surface area contributed by atoms with Crippen LogP contribution in [-0.2, 0) is 9.59 Å². The highest BCUT2D eigenvalue weighted by Crippen LogP contribution is 2.06. The molecule has 0 rings (SSSR count). The maximum atomic E-state index is 11.6. The van der Waals surface area contributed by atoms with Crippen LogP contribution >= 0.6 is 0 Å². The Morgan fingerprint density at radius 1 is 1.12 bits per heavy atom. The molecule has 6 nitrogen and oxygen atoms in total. The van der Waals surface area contributed by atoms with E-state index < -0.39 is 23.7 Å². The summed E-state index contributed by atoms with van der Waals surface area (Å²) in [4.78, 5) is 22.9. The predicted octanol–water partition coefficient (Wildman–Crippen LogP) is -1.58. The second kappa shape index (κ2) is 7.45. The molecule has 0 amide bonds. The summed E-state index contributed by atoms with van der Waals surface area (Å²) < 4.78 is 0. The fourth-order valence-corrected chi connectivity index (χ4v) is 1.21. The predicted molar refractivity (Wildman–Crippen MR) is 62.0 cm³/mol. The molecule has 1 radical (unpaired) electrons. The largest absolute Gasteiger partial charge is 0.330 e. The Morgan fingerprint density at radius 2 is 1.69 bits per heavy atom. The highest BCUT2D eigenvalue weighted by atomic mass is 16.2. The summed E-state index contributed by atoms with van der Waals surface area (Å²) in [5.74, 6) is -1.08. The van der Waals surface area contributed by atoms with Crippen LogP contribution in [0.2, 0.25) is 0 Å². The van der Waals surface area contributed by atoms with Crippen LogP contribution in [0.1, 0.15) is 26.2 Å². The normalized spacial score (nSPS) is 14.9. The smallest absolute Gasteiger partial charge is 0.179 e. The van der Waals surface area contributed by atoms with Crippen LogP contribution < -0.4 is 22.9 Å². The molecule has 0 aromatic heterocycles. The maximum absolute atomic E-state index is 11.6. The quantitative estimate of drug-likeness (QED) is 0.292. The Hall–Kier alpha value is -0.820. The van der Waals surface area contributed by atoms with Gasteiger partial charge in [0.05, 0.1) is 12.1 Å². The van der Waals surface area contributed by atoms with Gasteiger partial charge in [-0.25, -0.2) is 0 Å². The van der Waals surface area contributed by atoms with Gasteiger partial charge in [-0.3, -0.25) is 9.59 Å². The molecule has 8 N–H and O–H groups in total. The summed E-state index contributed by atoms with van der Waals surface area (Å²) in [6, 6.07) is -1.87. The van der Waals surface area contributed by atoms with Crippen LogP contribution in [0.4, 0.5) is 0 Å². The third-order valence-corrected chi connectivity index (χ3v) is 2.25. The lowest BCUT2D eigenvalue weighted by Crippen LogP contribution is -2.46. The molecule has 0 aromatic carbocycles. The van der Waals surface area contributed by atoms with Gasteiger partial charge in [0.25, 0.3) is 0 Å². The zero-order valence-electron chi connectivity index (χ0n) is 9.61. The molecule has 0 fully saturated rings. The number of hydrogen-bond donors (Lipinski definition) is 4. The molecule has 0 aliphatic heterocycles. The zero-order valence-corrected chi connectivity index (χ0v) is 9.61. The molecule has 0 saturated carbocycles. The van der Waals surface area contributed by atoms with Gasteiger partial charge in [0.2, 0.25) is 0 Å². The van der Waals surface area contributed by atoms with Gasteiger partial charge >= 0.3 is 0 Å². The van der Waals surface area contributed by atoms with Crippen LogP contribution in [0.3, 0.4) is 0 Å². The van der Waals surface area contributed by atoms with Crippen molar-refractivity contribution in [2.75, 3.05) is 6.54 Å². The first kappa shape index (κ1) is 15.2. The second-order valence-corrected chi connectivity index (χ2v) is 3.82. The van der Waals surface area contributed by atoms with Gasteiger partial charge in [0.15, 0.2) is 17.6 Å². The number of nitrogens with two attached hydrogens (primary N) is 4. The number of carbonyl (C=O) groups is 2. The van der Waals surface area contributed by atoms with Crippen LogP contribution in [0.25, 0.3) is 0 Å². The fraction of sp³-hybridized carbons (Fsp3) is 0.700. The van der Waals surface area contributed by atoms with Crippen molar-refractivity contribution < 1.29 is 9.59 Å². The van der Waals surface area contributed by atoms with E-state index in [9.17, 15) is 9.59 Å². The van der Waals surface area contributed by atoms with E-state index in [-0.39, 0.29) is 6.04 Å². The summed E-state index contributed by atoms with van der Waals surface area (Å²) in [5.41, 5.74) is 21.7. The summed E-state index contributed by atoms with van der Waals surface area (Å²) in [6.07, 6.45) is 2.01. The Kier molecular flexibility index (Phi) is 7.07. The average molecular weight is 229 g/mol. The van der Waals surface area contributed by atoms with Crippen molar-refractivity contribution in [1.82, 2.24) is 0 Å². The molecule has 6 heteroatoms. The summed E-state index contributed by atoms with van der Waals surface area (Å²) in [6.45, 7) is 2.03. The minimum absolute atomic E-state index is 0.352. The standard InChI is InChI=1S/C10H21N4O2/c1-6(12)9(15)8(14)10(16)7(13)4-2-3-5-11/h6-7H,2-5,11-14H2,1H3/t6-,7-/m0/s1. The Balaban J connectivity index is 4.16. The van der Waals surface area contributed by atoms with E-state index in [0.717, 1.165) is 12.8 Å². The van der Waals surface area contributed by atoms with E-state index >= 15 is 0 Å². The van der Waals surface area contributed by atoms with E-state index in [0.29, 0.717) is 13.0 Å². The average Bonchev–Trinajstić information content (AvgIpc) is 2.26. The molecule has 93 valence electrons. The van der Waals surface area contributed by atoms with E-state index in [1.807, 2.05) is 0 Å². The number of carbonyl (C=O) groups excluding carboxylic acids is 2. The monoisotopic (exact) mass is 229 g/mol. The van der Waals surface area contributed by atoms with Crippen molar-refractivity contribution in [3.05, 3.63) is 6.04 Å². The minimum atomic E-state index is -0.778. The highest BCUT2D eigenvalue weighted by molar-refractivity contribution is 6.18. The van der Waals surface area contributed by atoms with Crippen molar-refractivity contribution in [2.24, 2.45) is 22.9 Å². The third kappa shape index (κ3) is 4.80. The van der Waals surface area contributed by atoms with E-state index in [2.05, 4.69) is 0 Å². The molecule has 0 saturated heterocycles. The van der Waals surface area contributed by atoms with Gasteiger partial charge < -0.3 is 22.9 Å². The Morgan fingerprint density at radius 3 is 2.12 bits per heavy atom. The van der Waals surface area contributed by atoms with E-state index in [1.54, 1.807) is 0 Å². The third-order valence-electron chi connectivity index (χ3n) is 2.25. The number of unbranched alkanes of at least 4 members (excludes halogenated alkanes) is 1.